The highest BCUT2D eigenvalue weighted by Crippen LogP contribution is 2.49. The number of amides is 1. The molecule has 4 rings (SSSR count). The van der Waals surface area contributed by atoms with E-state index in [1.54, 1.807) is 12.3 Å². The number of fused-ring (bicyclic) bond motifs is 1. The molecule has 1 aliphatic heterocycles. The van der Waals surface area contributed by atoms with Crippen LogP contribution in [0, 0.1) is 11.8 Å². The van der Waals surface area contributed by atoms with Gasteiger partial charge in [0.25, 0.3) is 5.91 Å². The van der Waals surface area contributed by atoms with E-state index in [1.807, 2.05) is 4.90 Å². The Morgan fingerprint density at radius 1 is 1.48 bits per heavy atom. The van der Waals surface area contributed by atoms with Gasteiger partial charge >= 0.3 is 0 Å². The number of carbonyl (C=O) groups is 1. The fourth-order valence-corrected chi connectivity index (χ4v) is 4.28. The van der Waals surface area contributed by atoms with Crippen molar-refractivity contribution in [2.75, 3.05) is 13.1 Å². The Morgan fingerprint density at radius 2 is 2.36 bits per heavy atom. The number of hydrogen-bond donors (Lipinski definition) is 0. The van der Waals surface area contributed by atoms with Gasteiger partial charge in [-0.1, -0.05) is 25.4 Å². The lowest BCUT2D eigenvalue weighted by Gasteiger charge is -2.24. The van der Waals surface area contributed by atoms with E-state index in [9.17, 15) is 4.79 Å². The molecule has 1 saturated carbocycles. The van der Waals surface area contributed by atoms with Gasteiger partial charge in [-0.05, 0) is 30.7 Å². The Kier molecular flexibility index (Phi) is 4.01. The minimum atomic E-state index is -0.165. The summed E-state index contributed by atoms with van der Waals surface area (Å²) in [6, 6.07) is 1.66. The fraction of sp³-hybridized carbons (Fsp3) is 0.611. The van der Waals surface area contributed by atoms with Crippen LogP contribution < -0.4 is 0 Å². The van der Waals surface area contributed by atoms with Crippen LogP contribution in [0.3, 0.4) is 0 Å². The van der Waals surface area contributed by atoms with Crippen LogP contribution in [0.5, 0.6) is 0 Å². The first-order valence-corrected chi connectivity index (χ1v) is 8.97. The van der Waals surface area contributed by atoms with Crippen LogP contribution in [0.25, 0.3) is 0 Å². The molecule has 1 aliphatic carbocycles. The number of aromatic nitrogens is 4. The summed E-state index contributed by atoms with van der Waals surface area (Å²) in [5, 5.41) is 4.30. The van der Waals surface area contributed by atoms with Crippen LogP contribution >= 0.6 is 0 Å². The van der Waals surface area contributed by atoms with Gasteiger partial charge in [0, 0.05) is 25.7 Å². The Balaban J connectivity index is 1.58. The Bertz CT molecular complexity index is 760. The average Bonchev–Trinajstić information content (AvgIpc) is 3.28. The second kappa shape index (κ2) is 6.20. The molecule has 2 aromatic heterocycles. The van der Waals surface area contributed by atoms with E-state index in [-0.39, 0.29) is 11.3 Å². The zero-order valence-electron chi connectivity index (χ0n) is 14.7. The lowest BCUT2D eigenvalue weighted by atomic mass is 9.80. The highest BCUT2D eigenvalue weighted by molar-refractivity contribution is 5.92. The van der Waals surface area contributed by atoms with Crippen molar-refractivity contribution < 1.29 is 9.32 Å². The van der Waals surface area contributed by atoms with Gasteiger partial charge in [0.05, 0.1) is 5.41 Å². The van der Waals surface area contributed by atoms with Crippen molar-refractivity contribution >= 4 is 5.91 Å². The summed E-state index contributed by atoms with van der Waals surface area (Å²) < 4.78 is 5.49. The number of carbonyl (C=O) groups excluding carboxylic acids is 1. The molecule has 1 saturated heterocycles. The maximum absolute atomic E-state index is 12.8. The average molecular weight is 341 g/mol. The molecule has 2 fully saturated rings. The van der Waals surface area contributed by atoms with Gasteiger partial charge in [0.1, 0.15) is 12.0 Å². The van der Waals surface area contributed by atoms with Crippen molar-refractivity contribution in [3.8, 4) is 0 Å². The molecule has 7 nitrogen and oxygen atoms in total. The van der Waals surface area contributed by atoms with Crippen LogP contribution in [-0.2, 0) is 11.8 Å². The van der Waals surface area contributed by atoms with Crippen molar-refractivity contribution in [3.05, 3.63) is 36.0 Å². The second-order valence-electron chi connectivity index (χ2n) is 7.64. The standard InChI is InChI=1S/C18H23N5O2/c1-12(2)8-15-21-17(22-25-15)18-6-3-4-13(18)9-23(10-18)16(24)14-5-7-19-11-20-14/h5,7,11-13H,3-4,6,8-10H2,1-2H3. The van der Waals surface area contributed by atoms with Gasteiger partial charge in [0.2, 0.25) is 5.89 Å². The molecule has 0 spiro atoms. The molecule has 2 aromatic rings. The first-order chi connectivity index (χ1) is 12.1. The maximum atomic E-state index is 12.8. The molecule has 7 heteroatoms. The summed E-state index contributed by atoms with van der Waals surface area (Å²) in [5.41, 5.74) is 0.278. The predicted octanol–water partition coefficient (Wildman–Crippen LogP) is 2.25. The molecule has 0 N–H and O–H groups in total. The molecular formula is C18H23N5O2. The van der Waals surface area contributed by atoms with Crippen molar-refractivity contribution in [2.24, 2.45) is 11.8 Å². The van der Waals surface area contributed by atoms with E-state index < -0.39 is 0 Å². The summed E-state index contributed by atoms with van der Waals surface area (Å²) in [5.74, 6) is 2.31. The van der Waals surface area contributed by atoms with Crippen molar-refractivity contribution in [3.63, 3.8) is 0 Å². The molecule has 2 aliphatic rings. The zero-order valence-corrected chi connectivity index (χ0v) is 14.7. The molecule has 1 amide bonds. The maximum Gasteiger partial charge on any atom is 0.272 e. The lowest BCUT2D eigenvalue weighted by Crippen LogP contribution is -2.35. The van der Waals surface area contributed by atoms with E-state index in [1.165, 1.54) is 6.33 Å². The molecular weight excluding hydrogens is 318 g/mol. The van der Waals surface area contributed by atoms with Gasteiger partial charge in [-0.3, -0.25) is 4.79 Å². The third-order valence-electron chi connectivity index (χ3n) is 5.46. The lowest BCUT2D eigenvalue weighted by molar-refractivity contribution is 0.0771. The molecule has 2 unspecified atom stereocenters. The summed E-state index contributed by atoms with van der Waals surface area (Å²) in [4.78, 5) is 27.3. The predicted molar refractivity (Wildman–Crippen MR) is 89.8 cm³/mol. The highest BCUT2D eigenvalue weighted by Gasteiger charge is 2.54. The summed E-state index contributed by atoms with van der Waals surface area (Å²) >= 11 is 0. The SMILES string of the molecule is CC(C)Cc1nc(C23CCCC2CN(C(=O)c2ccncn2)C3)no1. The molecule has 3 heterocycles. The first kappa shape index (κ1) is 16.2. The van der Waals surface area contributed by atoms with Gasteiger partial charge < -0.3 is 9.42 Å². The van der Waals surface area contributed by atoms with Crippen LogP contribution in [0.1, 0.15) is 55.3 Å². The zero-order chi connectivity index (χ0) is 17.4. The van der Waals surface area contributed by atoms with Gasteiger partial charge in [-0.2, -0.15) is 4.98 Å². The molecule has 0 radical (unpaired) electrons. The Morgan fingerprint density at radius 3 is 3.12 bits per heavy atom. The number of likely N-dealkylation sites (tertiary alicyclic amines) is 1. The first-order valence-electron chi connectivity index (χ1n) is 8.97. The van der Waals surface area contributed by atoms with E-state index >= 15 is 0 Å². The van der Waals surface area contributed by atoms with E-state index in [0.717, 1.165) is 38.1 Å². The van der Waals surface area contributed by atoms with Gasteiger partial charge in [-0.25, -0.2) is 9.97 Å². The third-order valence-corrected chi connectivity index (χ3v) is 5.46. The minimum absolute atomic E-state index is 0.0397. The van der Waals surface area contributed by atoms with Gasteiger partial charge in [-0.15, -0.1) is 0 Å². The largest absolute Gasteiger partial charge is 0.339 e. The minimum Gasteiger partial charge on any atom is -0.339 e. The molecule has 25 heavy (non-hydrogen) atoms. The van der Waals surface area contributed by atoms with Crippen LogP contribution in [0.2, 0.25) is 0 Å². The van der Waals surface area contributed by atoms with Crippen molar-refractivity contribution in [1.82, 2.24) is 25.0 Å². The Hall–Kier alpha value is -2.31. The number of nitrogens with zero attached hydrogens (tertiary/aromatic N) is 5. The second-order valence-corrected chi connectivity index (χ2v) is 7.64. The molecule has 0 bridgehead atoms. The van der Waals surface area contributed by atoms with Gasteiger partial charge in [0.15, 0.2) is 5.82 Å². The topological polar surface area (TPSA) is 85.0 Å². The van der Waals surface area contributed by atoms with E-state index in [4.69, 9.17) is 9.51 Å². The van der Waals surface area contributed by atoms with Crippen molar-refractivity contribution in [2.45, 2.75) is 44.9 Å². The summed E-state index contributed by atoms with van der Waals surface area (Å²) in [6.07, 6.45) is 7.06. The summed E-state index contributed by atoms with van der Waals surface area (Å²) in [7, 11) is 0. The highest BCUT2D eigenvalue weighted by atomic mass is 16.5. The van der Waals surface area contributed by atoms with Crippen LogP contribution in [-0.4, -0.2) is 44.0 Å². The van der Waals surface area contributed by atoms with Crippen LogP contribution in [0.15, 0.2) is 23.1 Å². The molecule has 132 valence electrons. The normalized spacial score (nSPS) is 25.6. The number of rotatable bonds is 4. The van der Waals surface area contributed by atoms with E-state index in [0.29, 0.717) is 30.0 Å². The molecule has 2 atom stereocenters. The van der Waals surface area contributed by atoms with Crippen molar-refractivity contribution in [1.29, 1.82) is 0 Å². The Labute approximate surface area is 146 Å². The quantitative estimate of drug-likeness (QED) is 0.848. The van der Waals surface area contributed by atoms with Crippen LogP contribution in [0.4, 0.5) is 0 Å². The molecule has 0 aromatic carbocycles. The van der Waals surface area contributed by atoms with E-state index in [2.05, 4.69) is 29.0 Å². The smallest absolute Gasteiger partial charge is 0.272 e. The fourth-order valence-electron chi connectivity index (χ4n) is 4.28. The monoisotopic (exact) mass is 341 g/mol. The summed E-state index contributed by atoms with van der Waals surface area (Å²) in [6.45, 7) is 5.65. The number of hydrogen-bond acceptors (Lipinski definition) is 6. The third kappa shape index (κ3) is 2.81.